The minimum atomic E-state index is 0.0123. The van der Waals surface area contributed by atoms with E-state index in [2.05, 4.69) is 22.5 Å². The van der Waals surface area contributed by atoms with Gasteiger partial charge in [-0.2, -0.15) is 11.8 Å². The van der Waals surface area contributed by atoms with Gasteiger partial charge in [0.05, 0.1) is 5.60 Å². The van der Waals surface area contributed by atoms with Crippen LogP contribution in [-0.4, -0.2) is 73.7 Å². The Kier molecular flexibility index (Phi) is 7.02. The fourth-order valence-electron chi connectivity index (χ4n) is 2.89. The third-order valence-corrected chi connectivity index (χ3v) is 5.54. The highest BCUT2D eigenvalue weighted by molar-refractivity contribution is 7.99. The highest BCUT2D eigenvalue weighted by Crippen LogP contribution is 2.38. The minimum Gasteiger partial charge on any atom is -0.374 e. The number of nitrogens with one attached hydrogen (secondary N) is 2. The van der Waals surface area contributed by atoms with Gasteiger partial charge >= 0.3 is 0 Å². The average Bonchev–Trinajstić information content (AvgIpc) is 2.97. The Labute approximate surface area is 143 Å². The summed E-state index contributed by atoms with van der Waals surface area (Å²) in [4.78, 5) is 17.8. The molecule has 0 bridgehead atoms. The van der Waals surface area contributed by atoms with Crippen LogP contribution >= 0.6 is 11.8 Å². The third kappa shape index (κ3) is 5.57. The van der Waals surface area contributed by atoms with Crippen LogP contribution in [0.25, 0.3) is 0 Å². The van der Waals surface area contributed by atoms with E-state index in [1.54, 1.807) is 19.0 Å². The van der Waals surface area contributed by atoms with E-state index in [9.17, 15) is 4.79 Å². The summed E-state index contributed by atoms with van der Waals surface area (Å²) in [5, 5.41) is 6.83. The summed E-state index contributed by atoms with van der Waals surface area (Å²) < 4.78 is 6.07. The predicted molar refractivity (Wildman–Crippen MR) is 96.1 cm³/mol. The summed E-state index contributed by atoms with van der Waals surface area (Å²) in [7, 11) is 3.51. The molecule has 0 aromatic rings. The molecule has 2 N–H and O–H groups in total. The van der Waals surface area contributed by atoms with Gasteiger partial charge in [0.2, 0.25) is 5.91 Å². The fraction of sp³-hybridized carbons (Fsp3) is 0.875. The van der Waals surface area contributed by atoms with Crippen molar-refractivity contribution in [3.63, 3.8) is 0 Å². The number of nitrogens with zero attached hydrogens (tertiary/aromatic N) is 2. The molecule has 0 radical (unpaired) electrons. The molecule has 2 atom stereocenters. The van der Waals surface area contributed by atoms with Gasteiger partial charge in [-0.3, -0.25) is 4.79 Å². The number of carbonyl (C=O) groups excluding carboxylic acids is 1. The fourth-order valence-corrected chi connectivity index (χ4v) is 4.27. The number of rotatable bonds is 5. The van der Waals surface area contributed by atoms with Crippen LogP contribution in [0.3, 0.4) is 0 Å². The SMILES string of the molecule is CCCNC(=NCC(=O)N(C)C)NC1CCOC2(CCSC2)C1. The predicted octanol–water partition coefficient (Wildman–Crippen LogP) is 1.07. The maximum absolute atomic E-state index is 11.8. The monoisotopic (exact) mass is 342 g/mol. The maximum Gasteiger partial charge on any atom is 0.243 e. The minimum absolute atomic E-state index is 0.0123. The molecule has 0 saturated carbocycles. The van der Waals surface area contributed by atoms with Crippen LogP contribution in [-0.2, 0) is 9.53 Å². The largest absolute Gasteiger partial charge is 0.374 e. The first-order valence-corrected chi connectivity index (χ1v) is 9.67. The van der Waals surface area contributed by atoms with E-state index in [4.69, 9.17) is 4.74 Å². The van der Waals surface area contributed by atoms with E-state index >= 15 is 0 Å². The summed E-state index contributed by atoms with van der Waals surface area (Å²) in [6.45, 7) is 3.95. The Bertz CT molecular complexity index is 422. The highest BCUT2D eigenvalue weighted by Gasteiger charge is 2.40. The van der Waals surface area contributed by atoms with Gasteiger partial charge in [-0.1, -0.05) is 6.92 Å². The molecule has 0 aromatic heterocycles. The quantitative estimate of drug-likeness (QED) is 0.578. The average molecular weight is 343 g/mol. The zero-order valence-corrected chi connectivity index (χ0v) is 15.4. The summed E-state index contributed by atoms with van der Waals surface area (Å²) in [5.74, 6) is 3.05. The number of hydrogen-bond acceptors (Lipinski definition) is 4. The van der Waals surface area contributed by atoms with Crippen molar-refractivity contribution < 1.29 is 9.53 Å². The van der Waals surface area contributed by atoms with Gasteiger partial charge in [0.15, 0.2) is 5.96 Å². The molecule has 23 heavy (non-hydrogen) atoms. The van der Waals surface area contributed by atoms with E-state index in [1.165, 1.54) is 5.75 Å². The Morgan fingerprint density at radius 1 is 1.48 bits per heavy atom. The zero-order valence-electron chi connectivity index (χ0n) is 14.6. The van der Waals surface area contributed by atoms with Crippen LogP contribution in [0.1, 0.15) is 32.6 Å². The van der Waals surface area contributed by atoms with Crippen LogP contribution in [0, 0.1) is 0 Å². The summed E-state index contributed by atoms with van der Waals surface area (Å²) >= 11 is 1.98. The molecular weight excluding hydrogens is 312 g/mol. The van der Waals surface area contributed by atoms with E-state index in [1.807, 2.05) is 11.8 Å². The Morgan fingerprint density at radius 3 is 2.96 bits per heavy atom. The van der Waals surface area contributed by atoms with Crippen molar-refractivity contribution >= 4 is 23.6 Å². The number of carbonyl (C=O) groups is 1. The van der Waals surface area contributed by atoms with Crippen LogP contribution in [0.15, 0.2) is 4.99 Å². The van der Waals surface area contributed by atoms with E-state index in [-0.39, 0.29) is 18.1 Å². The molecule has 1 amide bonds. The van der Waals surface area contributed by atoms with Gasteiger partial charge in [0.25, 0.3) is 0 Å². The van der Waals surface area contributed by atoms with Crippen molar-refractivity contribution in [3.8, 4) is 0 Å². The van der Waals surface area contributed by atoms with Crippen LogP contribution in [0.2, 0.25) is 0 Å². The first-order chi connectivity index (χ1) is 11.0. The molecule has 2 unspecified atom stereocenters. The van der Waals surface area contributed by atoms with Crippen molar-refractivity contribution in [2.45, 2.75) is 44.2 Å². The lowest BCUT2D eigenvalue weighted by Gasteiger charge is -2.38. The lowest BCUT2D eigenvalue weighted by atomic mass is 9.90. The molecular formula is C16H30N4O2S. The molecule has 0 aromatic carbocycles. The zero-order chi connectivity index (χ0) is 16.7. The Morgan fingerprint density at radius 2 is 2.30 bits per heavy atom. The number of likely N-dealkylation sites (N-methyl/N-ethyl adjacent to an activating group) is 1. The number of guanidine groups is 1. The van der Waals surface area contributed by atoms with Gasteiger partial charge in [0.1, 0.15) is 6.54 Å². The number of amides is 1. The number of aliphatic imine (C=N–C) groups is 1. The van der Waals surface area contributed by atoms with Crippen LogP contribution < -0.4 is 10.6 Å². The first kappa shape index (κ1) is 18.4. The van der Waals surface area contributed by atoms with Crippen molar-refractivity contribution in [2.75, 3.05) is 45.3 Å². The van der Waals surface area contributed by atoms with Crippen molar-refractivity contribution in [1.29, 1.82) is 0 Å². The second-order valence-electron chi connectivity index (χ2n) is 6.55. The molecule has 2 aliphatic heterocycles. The molecule has 132 valence electrons. The number of thioether (sulfide) groups is 1. The van der Waals surface area contributed by atoms with Crippen molar-refractivity contribution in [1.82, 2.24) is 15.5 Å². The van der Waals surface area contributed by atoms with Crippen molar-refractivity contribution in [3.05, 3.63) is 0 Å². The van der Waals surface area contributed by atoms with E-state index in [0.717, 1.165) is 50.5 Å². The lowest BCUT2D eigenvalue weighted by molar-refractivity contribution is -0.127. The summed E-state index contributed by atoms with van der Waals surface area (Å²) in [6.07, 6.45) is 4.18. The molecule has 2 saturated heterocycles. The topological polar surface area (TPSA) is 66.0 Å². The smallest absolute Gasteiger partial charge is 0.243 e. The molecule has 2 heterocycles. The van der Waals surface area contributed by atoms with Crippen molar-refractivity contribution in [2.24, 2.45) is 4.99 Å². The molecule has 6 nitrogen and oxygen atoms in total. The van der Waals surface area contributed by atoms with Crippen LogP contribution in [0.4, 0.5) is 0 Å². The van der Waals surface area contributed by atoms with Crippen LogP contribution in [0.5, 0.6) is 0 Å². The Balaban J connectivity index is 1.93. The molecule has 2 aliphatic rings. The first-order valence-electron chi connectivity index (χ1n) is 8.51. The maximum atomic E-state index is 11.8. The molecule has 1 spiro atoms. The third-order valence-electron chi connectivity index (χ3n) is 4.31. The van der Waals surface area contributed by atoms with Gasteiger partial charge in [-0.15, -0.1) is 0 Å². The highest BCUT2D eigenvalue weighted by atomic mass is 32.2. The second-order valence-corrected chi connectivity index (χ2v) is 7.65. The molecule has 7 heteroatoms. The number of hydrogen-bond donors (Lipinski definition) is 2. The van der Waals surface area contributed by atoms with Gasteiger partial charge in [-0.05, 0) is 31.4 Å². The van der Waals surface area contributed by atoms with Gasteiger partial charge in [-0.25, -0.2) is 4.99 Å². The molecule has 2 fully saturated rings. The van der Waals surface area contributed by atoms with Gasteiger partial charge < -0.3 is 20.3 Å². The molecule has 2 rings (SSSR count). The standard InChI is InChI=1S/C16H30N4O2S/c1-4-7-17-15(18-11-14(21)20(2)3)19-13-5-8-22-16(10-13)6-9-23-12-16/h13H,4-12H2,1-3H3,(H2,17,18,19). The van der Waals surface area contributed by atoms with E-state index < -0.39 is 0 Å². The normalized spacial score (nSPS) is 28.0. The summed E-state index contributed by atoms with van der Waals surface area (Å²) in [5.41, 5.74) is 0.0515. The van der Waals surface area contributed by atoms with Gasteiger partial charge in [0, 0.05) is 39.0 Å². The number of ether oxygens (including phenoxy) is 1. The summed E-state index contributed by atoms with van der Waals surface area (Å²) in [6, 6.07) is 0.361. The van der Waals surface area contributed by atoms with E-state index in [0.29, 0.717) is 6.04 Å². The second kappa shape index (κ2) is 8.78. The molecule has 0 aliphatic carbocycles. The lowest BCUT2D eigenvalue weighted by Crippen LogP contribution is -2.51. The Hall–Kier alpha value is -0.950.